The van der Waals surface area contributed by atoms with Crippen LogP contribution in [0.5, 0.6) is 11.5 Å². The molecule has 0 aliphatic carbocycles. The Bertz CT molecular complexity index is 1410. The van der Waals surface area contributed by atoms with Crippen molar-refractivity contribution in [1.29, 1.82) is 5.26 Å². The highest BCUT2D eigenvalue weighted by Crippen LogP contribution is 2.38. The number of H-pyrrole nitrogens is 1. The van der Waals surface area contributed by atoms with Crippen molar-refractivity contribution in [3.05, 3.63) is 73.1 Å². The van der Waals surface area contributed by atoms with E-state index in [9.17, 15) is 9.59 Å². The van der Waals surface area contributed by atoms with Crippen molar-refractivity contribution in [1.82, 2.24) is 24.5 Å². The van der Waals surface area contributed by atoms with E-state index < -0.39 is 16.9 Å². The number of ether oxygens (including phenoxy) is 1. The number of nitriles is 1. The molecule has 0 aliphatic rings. The van der Waals surface area contributed by atoms with Crippen LogP contribution in [-0.4, -0.2) is 24.5 Å². The summed E-state index contributed by atoms with van der Waals surface area (Å²) in [6.45, 7) is 0. The van der Waals surface area contributed by atoms with Crippen molar-refractivity contribution < 1.29 is 4.74 Å². The number of hydrogen-bond acceptors (Lipinski definition) is 6. The van der Waals surface area contributed by atoms with E-state index in [1.54, 1.807) is 29.0 Å². The first kappa shape index (κ1) is 18.7. The maximum Gasteiger partial charge on any atom is 0.349 e. The highest BCUT2D eigenvalue weighted by Gasteiger charge is 2.15. The van der Waals surface area contributed by atoms with Gasteiger partial charge in [0.15, 0.2) is 5.75 Å². The molecular formula is C18H10Cl2N6O3. The number of halogens is 2. The highest BCUT2D eigenvalue weighted by atomic mass is 35.5. The normalized spacial score (nSPS) is 10.8. The number of hydrogen-bond donors (Lipinski definition) is 1. The zero-order chi connectivity index (χ0) is 20.7. The van der Waals surface area contributed by atoms with E-state index in [0.717, 1.165) is 15.6 Å². The smallest absolute Gasteiger partial charge is 0.349 e. The molecule has 0 spiro atoms. The summed E-state index contributed by atoms with van der Waals surface area (Å²) in [4.78, 5) is 25.6. The second kappa shape index (κ2) is 7.09. The molecule has 2 heterocycles. The molecule has 1 N–H and O–H groups in total. The summed E-state index contributed by atoms with van der Waals surface area (Å²) in [6.07, 6.45) is 1.84. The van der Waals surface area contributed by atoms with Gasteiger partial charge >= 0.3 is 5.69 Å². The molecule has 0 amide bonds. The number of rotatable bonds is 3. The van der Waals surface area contributed by atoms with Crippen LogP contribution in [0.1, 0.15) is 5.69 Å². The van der Waals surface area contributed by atoms with Crippen LogP contribution >= 0.6 is 23.2 Å². The van der Waals surface area contributed by atoms with E-state index in [1.807, 2.05) is 18.2 Å². The maximum absolute atomic E-state index is 12.0. The minimum absolute atomic E-state index is 0.109. The van der Waals surface area contributed by atoms with E-state index in [0.29, 0.717) is 5.75 Å². The standard InChI is InChI=1S/C18H10Cl2N6O3/c1-25-8-9-4-11(2-3-14(9)23-25)29-16-12(19)5-10(6-13(16)20)26-18(28)22-17(27)15(7-21)24-26/h2-6,8H,1H3,(H,22,27,28). The molecule has 0 bridgehead atoms. The lowest BCUT2D eigenvalue weighted by Crippen LogP contribution is -2.33. The average molecular weight is 429 g/mol. The van der Waals surface area contributed by atoms with Gasteiger partial charge in [-0.25, -0.2) is 4.79 Å². The van der Waals surface area contributed by atoms with E-state index in [2.05, 4.69) is 10.2 Å². The lowest BCUT2D eigenvalue weighted by atomic mass is 10.2. The predicted molar refractivity (Wildman–Crippen MR) is 106 cm³/mol. The lowest BCUT2D eigenvalue weighted by molar-refractivity contribution is 0.483. The van der Waals surface area contributed by atoms with Gasteiger partial charge in [-0.1, -0.05) is 23.2 Å². The summed E-state index contributed by atoms with van der Waals surface area (Å²) in [5.74, 6) is 0.673. The molecule has 4 rings (SSSR count). The van der Waals surface area contributed by atoms with Gasteiger partial charge in [0.1, 0.15) is 11.8 Å². The molecule has 0 saturated carbocycles. The van der Waals surface area contributed by atoms with E-state index >= 15 is 0 Å². The monoisotopic (exact) mass is 428 g/mol. The maximum atomic E-state index is 12.0. The van der Waals surface area contributed by atoms with Crippen LogP contribution in [-0.2, 0) is 7.05 Å². The Morgan fingerprint density at radius 2 is 1.86 bits per heavy atom. The largest absolute Gasteiger partial charge is 0.454 e. The van der Waals surface area contributed by atoms with Crippen LogP contribution in [0.15, 0.2) is 46.1 Å². The number of aryl methyl sites for hydroxylation is 1. The molecule has 0 aliphatic heterocycles. The molecule has 2 aromatic carbocycles. The van der Waals surface area contributed by atoms with Crippen molar-refractivity contribution >= 4 is 34.1 Å². The second-order valence-electron chi connectivity index (χ2n) is 6.00. The van der Waals surface area contributed by atoms with E-state index in [4.69, 9.17) is 33.2 Å². The Hall–Kier alpha value is -3.61. The molecule has 0 atom stereocenters. The molecule has 29 heavy (non-hydrogen) atoms. The Labute approximate surface area is 172 Å². The Balaban J connectivity index is 1.75. The first-order chi connectivity index (χ1) is 13.9. The summed E-state index contributed by atoms with van der Waals surface area (Å²) in [6, 6.07) is 9.70. The van der Waals surface area contributed by atoms with Crippen LogP contribution in [0.4, 0.5) is 0 Å². The van der Waals surface area contributed by atoms with Gasteiger partial charge in [0.05, 0.1) is 21.2 Å². The van der Waals surface area contributed by atoms with E-state index in [-0.39, 0.29) is 21.5 Å². The third kappa shape index (κ3) is 3.47. The molecule has 0 radical (unpaired) electrons. The van der Waals surface area contributed by atoms with Crippen LogP contribution in [0.25, 0.3) is 16.6 Å². The third-order valence-corrected chi connectivity index (χ3v) is 4.53. The molecule has 0 fully saturated rings. The van der Waals surface area contributed by atoms with Crippen LogP contribution < -0.4 is 16.0 Å². The number of benzene rings is 2. The van der Waals surface area contributed by atoms with Crippen molar-refractivity contribution in [2.24, 2.45) is 7.05 Å². The summed E-state index contributed by atoms with van der Waals surface area (Å²) >= 11 is 12.6. The minimum Gasteiger partial charge on any atom is -0.454 e. The molecule has 0 saturated heterocycles. The van der Waals surface area contributed by atoms with Crippen LogP contribution in [0.2, 0.25) is 10.0 Å². The van der Waals surface area contributed by atoms with E-state index in [1.165, 1.54) is 12.1 Å². The van der Waals surface area contributed by atoms with Crippen molar-refractivity contribution in [2.75, 3.05) is 0 Å². The van der Waals surface area contributed by atoms with Crippen LogP contribution in [0.3, 0.4) is 0 Å². The Morgan fingerprint density at radius 1 is 1.14 bits per heavy atom. The Morgan fingerprint density at radius 3 is 2.55 bits per heavy atom. The number of nitrogens with one attached hydrogen (secondary N) is 1. The number of aromatic amines is 1. The fourth-order valence-corrected chi connectivity index (χ4v) is 3.28. The van der Waals surface area contributed by atoms with Gasteiger partial charge in [-0.05, 0) is 30.3 Å². The molecule has 4 aromatic rings. The molecule has 2 aromatic heterocycles. The Kier molecular flexibility index (Phi) is 4.58. The van der Waals surface area contributed by atoms with Gasteiger partial charge in [-0.15, -0.1) is 5.10 Å². The molecule has 144 valence electrons. The summed E-state index contributed by atoms with van der Waals surface area (Å²) in [5.41, 5.74) is -1.22. The van der Waals surface area contributed by atoms with Gasteiger partial charge in [0.2, 0.25) is 5.69 Å². The fraction of sp³-hybridized carbons (Fsp3) is 0.0556. The van der Waals surface area contributed by atoms with Gasteiger partial charge in [0.25, 0.3) is 5.56 Å². The molecular weight excluding hydrogens is 419 g/mol. The first-order valence-electron chi connectivity index (χ1n) is 8.10. The van der Waals surface area contributed by atoms with Gasteiger partial charge in [0, 0.05) is 18.6 Å². The topological polar surface area (TPSA) is 119 Å². The highest BCUT2D eigenvalue weighted by molar-refractivity contribution is 6.37. The molecule has 11 heteroatoms. The third-order valence-electron chi connectivity index (χ3n) is 3.97. The first-order valence-corrected chi connectivity index (χ1v) is 8.86. The SMILES string of the molecule is Cn1cc2cc(Oc3c(Cl)cc(-n4nc(C#N)c(=O)[nH]c4=O)cc3Cl)ccc2n1. The average Bonchev–Trinajstić information content (AvgIpc) is 3.04. The second-order valence-corrected chi connectivity index (χ2v) is 6.81. The van der Waals surface area contributed by atoms with Gasteiger partial charge in [-0.2, -0.15) is 15.0 Å². The fourth-order valence-electron chi connectivity index (χ4n) is 2.72. The summed E-state index contributed by atoms with van der Waals surface area (Å²) < 4.78 is 8.33. The predicted octanol–water partition coefficient (Wildman–Crippen LogP) is 2.78. The van der Waals surface area contributed by atoms with Gasteiger partial charge < -0.3 is 4.74 Å². The number of nitrogens with zero attached hydrogens (tertiary/aromatic N) is 5. The van der Waals surface area contributed by atoms with Crippen molar-refractivity contribution in [3.63, 3.8) is 0 Å². The lowest BCUT2D eigenvalue weighted by Gasteiger charge is -2.12. The molecule has 0 unspecified atom stereocenters. The van der Waals surface area contributed by atoms with Gasteiger partial charge in [-0.3, -0.25) is 14.5 Å². The van der Waals surface area contributed by atoms with Crippen LogP contribution in [0, 0.1) is 11.3 Å². The summed E-state index contributed by atoms with van der Waals surface area (Å²) in [7, 11) is 1.82. The zero-order valence-corrected chi connectivity index (χ0v) is 16.2. The molecule has 9 nitrogen and oxygen atoms in total. The minimum atomic E-state index is -0.878. The zero-order valence-electron chi connectivity index (χ0n) is 14.7. The van der Waals surface area contributed by atoms with Crippen molar-refractivity contribution in [2.45, 2.75) is 0 Å². The van der Waals surface area contributed by atoms with Crippen molar-refractivity contribution in [3.8, 4) is 23.3 Å². The quantitative estimate of drug-likeness (QED) is 0.535. The number of aromatic nitrogens is 5. The summed E-state index contributed by atoms with van der Waals surface area (Å²) in [5, 5.41) is 18.1. The number of fused-ring (bicyclic) bond motifs is 1.